The molecule has 0 saturated heterocycles. The first kappa shape index (κ1) is 17.7. The second-order valence-corrected chi connectivity index (χ2v) is 1.61. The van der Waals surface area contributed by atoms with Gasteiger partial charge in [-0.25, -0.2) is 9.59 Å². The molecule has 0 bridgehead atoms. The van der Waals surface area contributed by atoms with Crippen molar-refractivity contribution in [1.29, 1.82) is 0 Å². The summed E-state index contributed by atoms with van der Waals surface area (Å²) in [6.45, 7) is 1.98. The van der Waals surface area contributed by atoms with Crippen molar-refractivity contribution < 1.29 is 19.1 Å². The molecule has 0 aliphatic rings. The zero-order valence-corrected chi connectivity index (χ0v) is 7.07. The molecule has 0 spiro atoms. The number of rotatable bonds is 3. The van der Waals surface area contributed by atoms with Crippen molar-refractivity contribution in [2.24, 2.45) is 0 Å². The van der Waals surface area contributed by atoms with Crippen LogP contribution in [0, 0.1) is 0 Å². The summed E-state index contributed by atoms with van der Waals surface area (Å²) < 4.78 is 8.75. The Morgan fingerprint density at radius 3 is 2.08 bits per heavy atom. The number of esters is 2. The first-order valence-corrected chi connectivity index (χ1v) is 3.13. The van der Waals surface area contributed by atoms with Gasteiger partial charge in [0, 0.05) is 20.6 Å². The molecule has 0 aromatic rings. The zero-order valence-electron chi connectivity index (χ0n) is 7.07. The SMILES string of the molecule is C.CCOC(=O)/C=C\C(=O)OC.[B]. The molecule has 0 N–H and O–H groups in total. The van der Waals surface area contributed by atoms with Crippen LogP contribution in [0.3, 0.4) is 0 Å². The Bertz CT molecular complexity index is 177. The highest BCUT2D eigenvalue weighted by Gasteiger charge is 1.96. The molecule has 0 rings (SSSR count). The summed E-state index contributed by atoms with van der Waals surface area (Å²) in [7, 11) is 1.23. The molecule has 3 radical (unpaired) electrons. The van der Waals surface area contributed by atoms with Crippen molar-refractivity contribution in [2.75, 3.05) is 13.7 Å². The molecule has 73 valence electrons. The van der Waals surface area contributed by atoms with Gasteiger partial charge in [0.2, 0.25) is 0 Å². The van der Waals surface area contributed by atoms with E-state index in [9.17, 15) is 9.59 Å². The number of methoxy groups -OCH3 is 1. The quantitative estimate of drug-likeness (QED) is 0.365. The topological polar surface area (TPSA) is 52.6 Å². The van der Waals surface area contributed by atoms with E-state index in [1.165, 1.54) is 7.11 Å². The minimum atomic E-state index is -0.571. The van der Waals surface area contributed by atoms with Gasteiger partial charge in [-0.15, -0.1) is 0 Å². The molecule has 0 saturated carbocycles. The first-order chi connectivity index (χ1) is 5.20. The lowest BCUT2D eigenvalue weighted by molar-refractivity contribution is -0.139. The Hall–Kier alpha value is -1.26. The van der Waals surface area contributed by atoms with Crippen LogP contribution in [0.4, 0.5) is 0 Å². The molecule has 0 fully saturated rings. The van der Waals surface area contributed by atoms with Gasteiger partial charge in [0.1, 0.15) is 0 Å². The van der Waals surface area contributed by atoms with Gasteiger partial charge in [-0.3, -0.25) is 0 Å². The molecule has 0 aliphatic carbocycles. The molecule has 5 heteroatoms. The average Bonchev–Trinajstić information content (AvgIpc) is 2.01. The van der Waals surface area contributed by atoms with Crippen molar-refractivity contribution >= 4 is 20.4 Å². The molecule has 0 aliphatic heterocycles. The van der Waals surface area contributed by atoms with Gasteiger partial charge in [-0.05, 0) is 6.92 Å². The normalized spacial score (nSPS) is 8.15. The lowest BCUT2D eigenvalue weighted by Crippen LogP contribution is -2.01. The fraction of sp³-hybridized carbons (Fsp3) is 0.500. The number of carbonyl (C=O) groups is 2. The molecule has 0 amide bonds. The van der Waals surface area contributed by atoms with E-state index in [2.05, 4.69) is 9.47 Å². The van der Waals surface area contributed by atoms with E-state index in [1.54, 1.807) is 6.92 Å². The fourth-order valence-electron chi connectivity index (χ4n) is 0.394. The number of ether oxygens (including phenoxy) is 2. The Morgan fingerprint density at radius 2 is 1.69 bits per heavy atom. The molecular weight excluding hydrogens is 171 g/mol. The van der Waals surface area contributed by atoms with E-state index in [0.29, 0.717) is 6.61 Å². The van der Waals surface area contributed by atoms with Crippen LogP contribution in [0.15, 0.2) is 12.2 Å². The zero-order chi connectivity index (χ0) is 8.69. The third-order valence-electron chi connectivity index (χ3n) is 0.843. The summed E-state index contributed by atoms with van der Waals surface area (Å²) in [5.41, 5.74) is 0. The highest BCUT2D eigenvalue weighted by atomic mass is 16.5. The highest BCUT2D eigenvalue weighted by Crippen LogP contribution is 1.82. The number of hydrogen-bond donors (Lipinski definition) is 0. The Balaban J connectivity index is -0.000000500. The molecular formula is C8H14BO4. The van der Waals surface area contributed by atoms with Crippen molar-refractivity contribution in [2.45, 2.75) is 14.4 Å². The van der Waals surface area contributed by atoms with Gasteiger partial charge >= 0.3 is 11.9 Å². The third kappa shape index (κ3) is 10.7. The monoisotopic (exact) mass is 185 g/mol. The van der Waals surface area contributed by atoms with Crippen molar-refractivity contribution in [3.63, 3.8) is 0 Å². The Labute approximate surface area is 80.5 Å². The third-order valence-corrected chi connectivity index (χ3v) is 0.843. The van der Waals surface area contributed by atoms with Crippen LogP contribution in [-0.4, -0.2) is 34.1 Å². The van der Waals surface area contributed by atoms with E-state index in [4.69, 9.17) is 0 Å². The second kappa shape index (κ2) is 10.7. The summed E-state index contributed by atoms with van der Waals surface area (Å²) in [4.78, 5) is 21.0. The second-order valence-electron chi connectivity index (χ2n) is 1.61. The molecule has 13 heavy (non-hydrogen) atoms. The largest absolute Gasteiger partial charge is 0.466 e. The fourth-order valence-corrected chi connectivity index (χ4v) is 0.394. The Kier molecular flexibility index (Phi) is 14.7. The van der Waals surface area contributed by atoms with Gasteiger partial charge in [0.15, 0.2) is 0 Å². The lowest BCUT2D eigenvalue weighted by Gasteiger charge is -1.93. The minimum absolute atomic E-state index is 0. The molecule has 0 unspecified atom stereocenters. The molecule has 0 aromatic carbocycles. The predicted octanol–water partition coefficient (Wildman–Crippen LogP) is 0.534. The van der Waals surface area contributed by atoms with Gasteiger partial charge in [0.25, 0.3) is 0 Å². The molecule has 0 atom stereocenters. The summed E-state index contributed by atoms with van der Waals surface area (Å²) in [6, 6.07) is 0. The maximum atomic E-state index is 10.5. The van der Waals surface area contributed by atoms with E-state index < -0.39 is 11.9 Å². The van der Waals surface area contributed by atoms with E-state index in [-0.39, 0.29) is 15.8 Å². The summed E-state index contributed by atoms with van der Waals surface area (Å²) in [6.07, 6.45) is 2.04. The van der Waals surface area contributed by atoms with Crippen LogP contribution in [0.5, 0.6) is 0 Å². The summed E-state index contributed by atoms with van der Waals surface area (Å²) in [5, 5.41) is 0. The molecule has 4 nitrogen and oxygen atoms in total. The summed E-state index contributed by atoms with van der Waals surface area (Å²) in [5.74, 6) is -1.11. The van der Waals surface area contributed by atoms with Crippen molar-refractivity contribution in [3.05, 3.63) is 12.2 Å². The van der Waals surface area contributed by atoms with Gasteiger partial charge in [-0.1, -0.05) is 7.43 Å². The van der Waals surface area contributed by atoms with Crippen LogP contribution >= 0.6 is 0 Å². The number of carbonyl (C=O) groups excluding carboxylic acids is 2. The van der Waals surface area contributed by atoms with Crippen LogP contribution in [0.2, 0.25) is 0 Å². The Morgan fingerprint density at radius 1 is 1.23 bits per heavy atom. The number of hydrogen-bond acceptors (Lipinski definition) is 4. The lowest BCUT2D eigenvalue weighted by atomic mass is 10.5. The van der Waals surface area contributed by atoms with Crippen LogP contribution in [-0.2, 0) is 19.1 Å². The smallest absolute Gasteiger partial charge is 0.330 e. The van der Waals surface area contributed by atoms with Gasteiger partial charge < -0.3 is 9.47 Å². The maximum Gasteiger partial charge on any atom is 0.330 e. The standard InChI is InChI=1S/C7H10O4.CH4.B/c1-3-11-7(9)5-4-6(8)10-2;;/h4-5H,3H2,1-2H3;1H4;/b5-4-;;. The van der Waals surface area contributed by atoms with E-state index in [1.807, 2.05) is 0 Å². The van der Waals surface area contributed by atoms with Crippen LogP contribution < -0.4 is 0 Å². The summed E-state index contributed by atoms with van der Waals surface area (Å²) >= 11 is 0. The predicted molar refractivity (Wildman–Crippen MR) is 50.3 cm³/mol. The molecule has 0 aromatic heterocycles. The molecule has 0 heterocycles. The van der Waals surface area contributed by atoms with Crippen molar-refractivity contribution in [3.8, 4) is 0 Å². The minimum Gasteiger partial charge on any atom is -0.466 e. The maximum absolute atomic E-state index is 10.5. The average molecular weight is 185 g/mol. The van der Waals surface area contributed by atoms with E-state index >= 15 is 0 Å². The van der Waals surface area contributed by atoms with Gasteiger partial charge in [0.05, 0.1) is 13.7 Å². The first-order valence-electron chi connectivity index (χ1n) is 3.13. The highest BCUT2D eigenvalue weighted by molar-refractivity contribution is 5.91. The van der Waals surface area contributed by atoms with Crippen LogP contribution in [0.25, 0.3) is 0 Å². The van der Waals surface area contributed by atoms with Gasteiger partial charge in [-0.2, -0.15) is 0 Å². The van der Waals surface area contributed by atoms with E-state index in [0.717, 1.165) is 12.2 Å². The van der Waals surface area contributed by atoms with Crippen molar-refractivity contribution in [1.82, 2.24) is 0 Å². The van der Waals surface area contributed by atoms with Crippen LogP contribution in [0.1, 0.15) is 14.4 Å².